The van der Waals surface area contributed by atoms with Gasteiger partial charge in [0.1, 0.15) is 0 Å². The highest BCUT2D eigenvalue weighted by Gasteiger charge is 2.20. The normalized spacial score (nSPS) is 13.6. The number of rotatable bonds is 21. The first kappa shape index (κ1) is 31.3. The van der Waals surface area contributed by atoms with E-state index in [1.165, 1.54) is 25.7 Å². The fourth-order valence-electron chi connectivity index (χ4n) is 3.61. The third-order valence-corrected chi connectivity index (χ3v) is 5.75. The summed E-state index contributed by atoms with van der Waals surface area (Å²) in [5, 5.41) is 15.4. The van der Waals surface area contributed by atoms with Gasteiger partial charge in [0.25, 0.3) is 0 Å². The lowest BCUT2D eigenvalue weighted by Gasteiger charge is -2.34. The van der Waals surface area contributed by atoms with Crippen LogP contribution in [0.15, 0.2) is 24.3 Å². The number of nitrogens with zero attached hydrogens (tertiary/aromatic N) is 1. The van der Waals surface area contributed by atoms with Crippen LogP contribution in [0.5, 0.6) is 0 Å². The zero-order valence-electron chi connectivity index (χ0n) is 21.8. The van der Waals surface area contributed by atoms with E-state index in [4.69, 9.17) is 0 Å². The van der Waals surface area contributed by atoms with Crippen molar-refractivity contribution < 1.29 is 14.7 Å². The number of allylic oxidation sites excluding steroid dienone is 4. The van der Waals surface area contributed by atoms with E-state index in [2.05, 4.69) is 67.5 Å². The largest absolute Gasteiger partial charge is 0.396 e. The molecule has 0 aromatic heterocycles. The average molecular weight is 466 g/mol. The van der Waals surface area contributed by atoms with Crippen molar-refractivity contribution in [3.8, 4) is 0 Å². The van der Waals surface area contributed by atoms with Crippen LogP contribution >= 0.6 is 0 Å². The average Bonchev–Trinajstić information content (AvgIpc) is 2.81. The molecule has 0 heterocycles. The lowest BCUT2D eigenvalue weighted by atomic mass is 10.1. The van der Waals surface area contributed by atoms with Crippen LogP contribution in [0.4, 0.5) is 0 Å². The molecule has 0 aliphatic heterocycles. The van der Waals surface area contributed by atoms with Crippen LogP contribution in [-0.2, 0) is 9.59 Å². The monoisotopic (exact) mass is 465 g/mol. The summed E-state index contributed by atoms with van der Waals surface area (Å²) in [6.07, 6.45) is 18.7. The molecule has 6 heteroatoms. The molecular formula is C27H51N3O3. The molecule has 0 spiro atoms. The summed E-state index contributed by atoms with van der Waals surface area (Å²) < 4.78 is 0. The Balaban J connectivity index is 4.36. The number of hydrogen-bond donors (Lipinski definition) is 3. The number of unbranched alkanes of at least 4 members (excludes halogenated alkanes) is 4. The molecule has 0 saturated carbocycles. The number of nitrogens with one attached hydrogen (secondary N) is 2. The quantitative estimate of drug-likeness (QED) is 0.169. The maximum absolute atomic E-state index is 12.2. The molecule has 0 aliphatic rings. The van der Waals surface area contributed by atoms with Crippen molar-refractivity contribution in [3.05, 3.63) is 24.3 Å². The highest BCUT2D eigenvalue weighted by atomic mass is 16.3. The molecule has 0 aromatic rings. The second kappa shape index (κ2) is 22.1. The number of hydrogen-bond acceptors (Lipinski definition) is 4. The van der Waals surface area contributed by atoms with Gasteiger partial charge in [-0.1, -0.05) is 63.8 Å². The first-order valence-corrected chi connectivity index (χ1v) is 13.2. The lowest BCUT2D eigenvalue weighted by Crippen LogP contribution is -2.50. The summed E-state index contributed by atoms with van der Waals surface area (Å²) >= 11 is 0. The molecule has 3 N–H and O–H groups in total. The van der Waals surface area contributed by atoms with E-state index in [0.29, 0.717) is 32.4 Å². The summed E-state index contributed by atoms with van der Waals surface area (Å²) in [5.74, 6) is 0.133. The van der Waals surface area contributed by atoms with Gasteiger partial charge in [-0.3, -0.25) is 14.5 Å². The van der Waals surface area contributed by atoms with Gasteiger partial charge in [-0.2, -0.15) is 0 Å². The number of carbonyl (C=O) groups excluding carboxylic acids is 2. The minimum absolute atomic E-state index is 0.0667. The van der Waals surface area contributed by atoms with Crippen LogP contribution in [0.3, 0.4) is 0 Å². The van der Waals surface area contributed by atoms with E-state index in [0.717, 1.165) is 32.2 Å². The minimum Gasteiger partial charge on any atom is -0.396 e. The highest BCUT2D eigenvalue weighted by Crippen LogP contribution is 2.07. The molecule has 0 bridgehead atoms. The molecule has 2 atom stereocenters. The van der Waals surface area contributed by atoms with Crippen molar-refractivity contribution in [1.82, 2.24) is 15.5 Å². The molecule has 0 fully saturated rings. The van der Waals surface area contributed by atoms with Crippen molar-refractivity contribution in [2.24, 2.45) is 0 Å². The van der Waals surface area contributed by atoms with E-state index in [1.807, 2.05) is 0 Å². The molecule has 2 amide bonds. The Morgan fingerprint density at radius 1 is 0.758 bits per heavy atom. The Hall–Kier alpha value is -1.66. The van der Waals surface area contributed by atoms with Crippen molar-refractivity contribution in [2.75, 3.05) is 26.2 Å². The number of amides is 2. The van der Waals surface area contributed by atoms with Crippen LogP contribution in [0.2, 0.25) is 0 Å². The molecule has 0 aliphatic carbocycles. The van der Waals surface area contributed by atoms with Gasteiger partial charge in [-0.15, -0.1) is 0 Å². The molecule has 0 rings (SSSR count). The van der Waals surface area contributed by atoms with Crippen LogP contribution in [0.1, 0.15) is 98.3 Å². The Kier molecular flexibility index (Phi) is 21.0. The van der Waals surface area contributed by atoms with Gasteiger partial charge in [-0.25, -0.2) is 0 Å². The Labute approximate surface area is 203 Å². The van der Waals surface area contributed by atoms with E-state index in [9.17, 15) is 14.7 Å². The molecule has 0 radical (unpaired) electrons. The minimum atomic E-state index is 0.0667. The third-order valence-electron chi connectivity index (χ3n) is 5.75. The van der Waals surface area contributed by atoms with Gasteiger partial charge in [0.05, 0.1) is 0 Å². The summed E-state index contributed by atoms with van der Waals surface area (Å²) in [6.45, 7) is 10.5. The summed E-state index contributed by atoms with van der Waals surface area (Å²) in [6, 6.07) is 0.239. The van der Waals surface area contributed by atoms with Crippen molar-refractivity contribution >= 4 is 11.8 Å². The Bertz CT molecular complexity index is 505. The molecule has 0 saturated heterocycles. The van der Waals surface area contributed by atoms with Gasteiger partial charge < -0.3 is 15.7 Å². The van der Waals surface area contributed by atoms with Crippen molar-refractivity contribution in [3.63, 3.8) is 0 Å². The topological polar surface area (TPSA) is 81.7 Å². The van der Waals surface area contributed by atoms with Gasteiger partial charge in [0.2, 0.25) is 11.8 Å². The molecular weight excluding hydrogens is 414 g/mol. The molecule has 2 unspecified atom stereocenters. The molecule has 33 heavy (non-hydrogen) atoms. The van der Waals surface area contributed by atoms with Gasteiger partial charge in [-0.05, 0) is 46.0 Å². The second-order valence-electron chi connectivity index (χ2n) is 8.93. The van der Waals surface area contributed by atoms with Gasteiger partial charge >= 0.3 is 0 Å². The van der Waals surface area contributed by atoms with Crippen LogP contribution < -0.4 is 10.6 Å². The zero-order valence-corrected chi connectivity index (χ0v) is 21.8. The summed E-state index contributed by atoms with van der Waals surface area (Å²) in [5.41, 5.74) is 0. The first-order chi connectivity index (χ1) is 16.0. The maximum Gasteiger partial charge on any atom is 0.220 e. The number of aliphatic hydroxyl groups excluding tert-OH is 1. The standard InChI is InChI=1S/C27H51N3O3/c1-5-7-9-11-13-15-18-26(32)28-22-24(3)30(20-17-21-31)25(4)23-29-27(33)19-16-14-12-10-8-6-2/h11-14,24-25,31H,5-10,15-23H2,1-4H3,(H,28,32)(H,29,33)/b13-11+,14-12+. The highest BCUT2D eigenvalue weighted by molar-refractivity contribution is 5.76. The van der Waals surface area contributed by atoms with Crippen molar-refractivity contribution in [2.45, 2.75) is 110 Å². The molecule has 6 nitrogen and oxygen atoms in total. The summed E-state index contributed by atoms with van der Waals surface area (Å²) in [4.78, 5) is 26.6. The van der Waals surface area contributed by atoms with Crippen molar-refractivity contribution in [1.29, 1.82) is 0 Å². The van der Waals surface area contributed by atoms with E-state index in [-0.39, 0.29) is 30.5 Å². The van der Waals surface area contributed by atoms with E-state index < -0.39 is 0 Å². The van der Waals surface area contributed by atoms with Gasteiger partial charge in [0.15, 0.2) is 0 Å². The lowest BCUT2D eigenvalue weighted by molar-refractivity contribution is -0.121. The predicted molar refractivity (Wildman–Crippen MR) is 139 cm³/mol. The maximum atomic E-state index is 12.2. The zero-order chi connectivity index (χ0) is 24.7. The Morgan fingerprint density at radius 3 is 1.58 bits per heavy atom. The number of carbonyl (C=O) groups is 2. The molecule has 192 valence electrons. The third kappa shape index (κ3) is 18.5. The summed E-state index contributed by atoms with van der Waals surface area (Å²) in [7, 11) is 0. The first-order valence-electron chi connectivity index (χ1n) is 13.2. The molecule has 0 aromatic carbocycles. The second-order valence-corrected chi connectivity index (χ2v) is 8.93. The Morgan fingerprint density at radius 2 is 1.18 bits per heavy atom. The fraction of sp³-hybridized carbons (Fsp3) is 0.778. The van der Waals surface area contributed by atoms with Crippen LogP contribution in [-0.4, -0.2) is 60.1 Å². The van der Waals surface area contributed by atoms with Gasteiger partial charge in [0, 0.05) is 51.2 Å². The van der Waals surface area contributed by atoms with E-state index in [1.54, 1.807) is 0 Å². The fourth-order valence-corrected chi connectivity index (χ4v) is 3.61. The van der Waals surface area contributed by atoms with Crippen LogP contribution in [0, 0.1) is 0 Å². The number of aliphatic hydroxyl groups is 1. The van der Waals surface area contributed by atoms with Crippen LogP contribution in [0.25, 0.3) is 0 Å². The SMILES string of the molecule is CCCC/C=C/CCC(=O)NCC(C)N(CCCO)C(C)CNC(=O)CC/C=C/CCCC. The predicted octanol–water partition coefficient (Wildman–Crippen LogP) is 4.73. The smallest absolute Gasteiger partial charge is 0.220 e. The van der Waals surface area contributed by atoms with E-state index >= 15 is 0 Å².